The number of esters is 1. The number of halogens is 3. The Morgan fingerprint density at radius 3 is 2.50 bits per heavy atom. The third-order valence-corrected chi connectivity index (χ3v) is 2.25. The maximum absolute atomic E-state index is 12.6. The molecule has 0 saturated heterocycles. The van der Waals surface area contributed by atoms with Crippen molar-refractivity contribution in [3.63, 3.8) is 0 Å². The van der Waals surface area contributed by atoms with E-state index in [9.17, 15) is 28.1 Å². The van der Waals surface area contributed by atoms with E-state index in [1.807, 2.05) is 0 Å². The molecule has 0 aromatic heterocycles. The molecule has 0 amide bonds. The molecule has 0 unspecified atom stereocenters. The van der Waals surface area contributed by atoms with Crippen molar-refractivity contribution < 1.29 is 27.6 Å². The SMILES string of the molecule is CCOC(=O)c1cc(C(F)(F)F)cc([N+](=O)[O-])c1C#N. The first-order chi connectivity index (χ1) is 9.22. The van der Waals surface area contributed by atoms with Gasteiger partial charge in [0.1, 0.15) is 11.6 Å². The van der Waals surface area contributed by atoms with Gasteiger partial charge >= 0.3 is 12.1 Å². The molecule has 20 heavy (non-hydrogen) atoms. The van der Waals surface area contributed by atoms with Gasteiger partial charge in [-0.3, -0.25) is 10.1 Å². The Balaban J connectivity index is 3.63. The molecule has 1 aromatic carbocycles. The number of ether oxygens (including phenoxy) is 1. The molecule has 0 fully saturated rings. The summed E-state index contributed by atoms with van der Waals surface area (Å²) < 4.78 is 42.4. The first kappa shape index (κ1) is 15.4. The van der Waals surface area contributed by atoms with E-state index in [1.54, 1.807) is 0 Å². The number of nitro groups is 1. The number of alkyl halides is 3. The van der Waals surface area contributed by atoms with Gasteiger partial charge in [-0.2, -0.15) is 18.4 Å². The van der Waals surface area contributed by atoms with Gasteiger partial charge < -0.3 is 4.74 Å². The highest BCUT2D eigenvalue weighted by atomic mass is 19.4. The molecule has 0 heterocycles. The topological polar surface area (TPSA) is 93.2 Å². The zero-order valence-electron chi connectivity index (χ0n) is 10.0. The van der Waals surface area contributed by atoms with Crippen molar-refractivity contribution in [2.45, 2.75) is 13.1 Å². The van der Waals surface area contributed by atoms with E-state index in [0.717, 1.165) is 0 Å². The maximum atomic E-state index is 12.6. The third kappa shape index (κ3) is 3.03. The van der Waals surface area contributed by atoms with Crippen LogP contribution in [0.3, 0.4) is 0 Å². The Bertz CT molecular complexity index is 605. The molecular formula is C11H7F3N2O4. The van der Waals surface area contributed by atoms with Crippen LogP contribution in [-0.2, 0) is 10.9 Å². The predicted molar refractivity (Wildman–Crippen MR) is 58.8 cm³/mol. The van der Waals surface area contributed by atoms with Crippen LogP contribution in [0, 0.1) is 21.4 Å². The molecule has 0 N–H and O–H groups in total. The van der Waals surface area contributed by atoms with E-state index < -0.39 is 39.4 Å². The Morgan fingerprint density at radius 2 is 2.10 bits per heavy atom. The monoisotopic (exact) mass is 288 g/mol. The zero-order valence-corrected chi connectivity index (χ0v) is 10.0. The summed E-state index contributed by atoms with van der Waals surface area (Å²) in [5.41, 5.74) is -4.03. The van der Waals surface area contributed by atoms with Crippen LogP contribution < -0.4 is 0 Å². The van der Waals surface area contributed by atoms with Crippen LogP contribution >= 0.6 is 0 Å². The van der Waals surface area contributed by atoms with Gasteiger partial charge in [0.25, 0.3) is 5.69 Å². The number of benzene rings is 1. The standard InChI is InChI=1S/C11H7F3N2O4/c1-2-20-10(17)7-3-6(11(12,13)14)4-9(16(18)19)8(7)5-15/h3-4H,2H2,1H3. The molecule has 6 nitrogen and oxygen atoms in total. The largest absolute Gasteiger partial charge is 0.462 e. The number of hydrogen-bond donors (Lipinski definition) is 0. The number of carbonyl (C=O) groups excluding carboxylic acids is 1. The van der Waals surface area contributed by atoms with E-state index in [1.165, 1.54) is 13.0 Å². The average molecular weight is 288 g/mol. The second-order valence-electron chi connectivity index (χ2n) is 3.51. The first-order valence-corrected chi connectivity index (χ1v) is 5.19. The van der Waals surface area contributed by atoms with Gasteiger partial charge in [0.05, 0.1) is 22.7 Å². The van der Waals surface area contributed by atoms with E-state index in [4.69, 9.17) is 5.26 Å². The molecule has 106 valence electrons. The van der Waals surface area contributed by atoms with Gasteiger partial charge in [0, 0.05) is 6.07 Å². The number of rotatable bonds is 3. The van der Waals surface area contributed by atoms with Crippen molar-refractivity contribution in [1.29, 1.82) is 5.26 Å². The lowest BCUT2D eigenvalue weighted by Gasteiger charge is -2.10. The molecule has 0 bridgehead atoms. The molecule has 0 aliphatic heterocycles. The second kappa shape index (κ2) is 5.56. The minimum Gasteiger partial charge on any atom is -0.462 e. The summed E-state index contributed by atoms with van der Waals surface area (Å²) in [7, 11) is 0. The van der Waals surface area contributed by atoms with E-state index in [2.05, 4.69) is 4.74 Å². The van der Waals surface area contributed by atoms with Crippen molar-refractivity contribution in [2.75, 3.05) is 6.61 Å². The van der Waals surface area contributed by atoms with Crippen LogP contribution in [-0.4, -0.2) is 17.5 Å². The highest BCUT2D eigenvalue weighted by Gasteiger charge is 2.36. The second-order valence-corrected chi connectivity index (χ2v) is 3.51. The number of nitro benzene ring substituents is 1. The van der Waals surface area contributed by atoms with E-state index >= 15 is 0 Å². The molecule has 0 aliphatic carbocycles. The van der Waals surface area contributed by atoms with Gasteiger partial charge in [-0.25, -0.2) is 4.79 Å². The summed E-state index contributed by atoms with van der Waals surface area (Å²) in [6.07, 6.45) is -4.89. The Morgan fingerprint density at radius 1 is 1.50 bits per heavy atom. The summed E-state index contributed by atoms with van der Waals surface area (Å²) >= 11 is 0. The van der Waals surface area contributed by atoms with Gasteiger partial charge in [-0.1, -0.05) is 0 Å². The smallest absolute Gasteiger partial charge is 0.416 e. The van der Waals surface area contributed by atoms with Crippen LogP contribution in [0.15, 0.2) is 12.1 Å². The molecule has 0 radical (unpaired) electrons. The fourth-order valence-corrected chi connectivity index (χ4v) is 1.42. The fourth-order valence-electron chi connectivity index (χ4n) is 1.42. The van der Waals surface area contributed by atoms with Gasteiger partial charge in [-0.05, 0) is 13.0 Å². The minimum atomic E-state index is -4.89. The maximum Gasteiger partial charge on any atom is 0.416 e. The van der Waals surface area contributed by atoms with Crippen molar-refractivity contribution >= 4 is 11.7 Å². The summed E-state index contributed by atoms with van der Waals surface area (Å²) in [6, 6.07) is 1.93. The average Bonchev–Trinajstić information content (AvgIpc) is 2.36. The number of hydrogen-bond acceptors (Lipinski definition) is 5. The quantitative estimate of drug-likeness (QED) is 0.484. The van der Waals surface area contributed by atoms with Crippen molar-refractivity contribution in [3.8, 4) is 6.07 Å². The Kier molecular flexibility index (Phi) is 4.29. The van der Waals surface area contributed by atoms with Gasteiger partial charge in [-0.15, -0.1) is 0 Å². The zero-order chi connectivity index (χ0) is 15.5. The van der Waals surface area contributed by atoms with Crippen LogP contribution in [0.4, 0.5) is 18.9 Å². The Hall–Kier alpha value is -2.63. The van der Waals surface area contributed by atoms with E-state index in [-0.39, 0.29) is 12.7 Å². The number of carbonyl (C=O) groups is 1. The lowest BCUT2D eigenvalue weighted by molar-refractivity contribution is -0.385. The fraction of sp³-hybridized carbons (Fsp3) is 0.273. The third-order valence-electron chi connectivity index (χ3n) is 2.25. The lowest BCUT2D eigenvalue weighted by atomic mass is 10.0. The molecule has 0 atom stereocenters. The van der Waals surface area contributed by atoms with Gasteiger partial charge in [0.15, 0.2) is 0 Å². The Labute approximate surface area is 110 Å². The van der Waals surface area contributed by atoms with E-state index in [0.29, 0.717) is 6.07 Å². The van der Waals surface area contributed by atoms with Crippen LogP contribution in [0.5, 0.6) is 0 Å². The summed E-state index contributed by atoms with van der Waals surface area (Å²) in [5.74, 6) is -1.22. The minimum absolute atomic E-state index is 0.145. The molecule has 0 spiro atoms. The molecule has 1 aromatic rings. The summed E-state index contributed by atoms with van der Waals surface area (Å²) in [6.45, 7) is 1.26. The molecule has 1 rings (SSSR count). The highest BCUT2D eigenvalue weighted by molar-refractivity contribution is 5.94. The molecule has 9 heteroatoms. The number of nitrogens with zero attached hydrogens (tertiary/aromatic N) is 2. The number of nitriles is 1. The van der Waals surface area contributed by atoms with Crippen LogP contribution in [0.1, 0.15) is 28.4 Å². The van der Waals surface area contributed by atoms with Gasteiger partial charge in [0.2, 0.25) is 0 Å². The predicted octanol–water partition coefficient (Wildman–Crippen LogP) is 2.66. The van der Waals surface area contributed by atoms with Crippen molar-refractivity contribution in [1.82, 2.24) is 0 Å². The molecular weight excluding hydrogens is 281 g/mol. The highest BCUT2D eigenvalue weighted by Crippen LogP contribution is 2.35. The molecule has 0 saturated carbocycles. The van der Waals surface area contributed by atoms with Crippen molar-refractivity contribution in [3.05, 3.63) is 38.9 Å². The molecule has 0 aliphatic rings. The van der Waals surface area contributed by atoms with Crippen LogP contribution in [0.25, 0.3) is 0 Å². The summed E-state index contributed by atoms with van der Waals surface area (Å²) in [5, 5.41) is 19.5. The summed E-state index contributed by atoms with van der Waals surface area (Å²) in [4.78, 5) is 21.1. The van der Waals surface area contributed by atoms with Crippen LogP contribution in [0.2, 0.25) is 0 Å². The first-order valence-electron chi connectivity index (χ1n) is 5.19. The van der Waals surface area contributed by atoms with Crippen molar-refractivity contribution in [2.24, 2.45) is 0 Å². The normalized spacial score (nSPS) is 10.8. The lowest BCUT2D eigenvalue weighted by Crippen LogP contribution is -2.13.